The van der Waals surface area contributed by atoms with Crippen LogP contribution >= 0.6 is 11.6 Å². The van der Waals surface area contributed by atoms with Gasteiger partial charge < -0.3 is 5.73 Å². The van der Waals surface area contributed by atoms with Crippen LogP contribution in [0.5, 0.6) is 0 Å². The maximum Gasteiger partial charge on any atom is 0.204 e. The van der Waals surface area contributed by atoms with E-state index in [9.17, 15) is 0 Å². The van der Waals surface area contributed by atoms with Crippen LogP contribution in [0.3, 0.4) is 0 Å². The molecule has 0 amide bonds. The predicted octanol–water partition coefficient (Wildman–Crippen LogP) is 2.62. The van der Waals surface area contributed by atoms with E-state index in [0.717, 1.165) is 11.1 Å². The van der Waals surface area contributed by atoms with E-state index in [1.165, 1.54) is 4.80 Å². The van der Waals surface area contributed by atoms with E-state index in [4.69, 9.17) is 17.3 Å². The lowest BCUT2D eigenvalue weighted by Crippen LogP contribution is -2.07. The summed E-state index contributed by atoms with van der Waals surface area (Å²) >= 11 is 6.13. The Balaban J connectivity index is 1.88. The monoisotopic (exact) mass is 285 g/mol. The van der Waals surface area contributed by atoms with Crippen molar-refractivity contribution < 1.29 is 0 Å². The van der Waals surface area contributed by atoms with Gasteiger partial charge in [-0.2, -0.15) is 4.80 Å². The average molecular weight is 286 g/mol. The number of hydrogen-bond acceptors (Lipinski definition) is 4. The number of benzene rings is 2. The van der Waals surface area contributed by atoms with Crippen molar-refractivity contribution in [2.24, 2.45) is 0 Å². The first-order valence-electron chi connectivity index (χ1n) is 6.10. The number of halogens is 1. The number of nitrogens with zero attached hydrogens (tertiary/aromatic N) is 4. The Kier molecular flexibility index (Phi) is 3.35. The fourth-order valence-corrected chi connectivity index (χ4v) is 2.14. The van der Waals surface area contributed by atoms with Crippen LogP contribution in [-0.2, 0) is 6.54 Å². The van der Waals surface area contributed by atoms with E-state index in [0.29, 0.717) is 23.1 Å². The molecule has 3 rings (SSSR count). The molecule has 0 aliphatic heterocycles. The summed E-state index contributed by atoms with van der Waals surface area (Å²) in [7, 11) is 0. The highest BCUT2D eigenvalue weighted by Crippen LogP contribution is 2.22. The molecule has 0 unspecified atom stereocenters. The summed E-state index contributed by atoms with van der Waals surface area (Å²) < 4.78 is 0. The number of nitrogens with two attached hydrogens (primary N) is 1. The summed E-state index contributed by atoms with van der Waals surface area (Å²) in [5.41, 5.74) is 8.25. The first-order valence-corrected chi connectivity index (χ1v) is 6.48. The SMILES string of the molecule is Nc1cccc(Cl)c1Cn1nnc(-c2ccccc2)n1. The van der Waals surface area contributed by atoms with Crippen molar-refractivity contribution >= 4 is 17.3 Å². The molecule has 0 aliphatic carbocycles. The zero-order valence-electron chi connectivity index (χ0n) is 10.6. The zero-order valence-corrected chi connectivity index (χ0v) is 11.3. The Bertz CT molecular complexity index is 703. The molecule has 20 heavy (non-hydrogen) atoms. The van der Waals surface area contributed by atoms with Crippen LogP contribution in [0.4, 0.5) is 5.69 Å². The summed E-state index contributed by atoms with van der Waals surface area (Å²) in [6.07, 6.45) is 0. The average Bonchev–Trinajstić information content (AvgIpc) is 2.93. The van der Waals surface area contributed by atoms with Crippen molar-refractivity contribution in [3.8, 4) is 11.4 Å². The van der Waals surface area contributed by atoms with Crippen LogP contribution in [0.15, 0.2) is 48.5 Å². The van der Waals surface area contributed by atoms with E-state index in [2.05, 4.69) is 15.4 Å². The summed E-state index contributed by atoms with van der Waals surface area (Å²) in [4.78, 5) is 1.49. The van der Waals surface area contributed by atoms with Gasteiger partial charge in [-0.3, -0.25) is 0 Å². The first-order chi connectivity index (χ1) is 9.74. The number of tetrazole rings is 1. The third kappa shape index (κ3) is 2.48. The fourth-order valence-electron chi connectivity index (χ4n) is 1.90. The van der Waals surface area contributed by atoms with E-state index in [1.54, 1.807) is 12.1 Å². The highest BCUT2D eigenvalue weighted by atomic mass is 35.5. The Hall–Kier alpha value is -2.40. The standard InChI is InChI=1S/C14H12ClN5/c15-12-7-4-8-13(16)11(12)9-20-18-14(17-19-20)10-5-2-1-3-6-10/h1-8H,9,16H2. The zero-order chi connectivity index (χ0) is 13.9. The lowest BCUT2D eigenvalue weighted by molar-refractivity contribution is 0.574. The molecule has 6 heteroatoms. The normalized spacial score (nSPS) is 10.7. The minimum Gasteiger partial charge on any atom is -0.398 e. The van der Waals surface area contributed by atoms with Crippen LogP contribution in [0.1, 0.15) is 5.56 Å². The van der Waals surface area contributed by atoms with E-state index in [-0.39, 0.29) is 0 Å². The van der Waals surface area contributed by atoms with Crippen LogP contribution < -0.4 is 5.73 Å². The van der Waals surface area contributed by atoms with Gasteiger partial charge in [-0.15, -0.1) is 10.2 Å². The summed E-state index contributed by atoms with van der Waals surface area (Å²) in [6.45, 7) is 0.394. The number of aromatic nitrogens is 4. The van der Waals surface area contributed by atoms with E-state index < -0.39 is 0 Å². The first kappa shape index (κ1) is 12.6. The van der Waals surface area contributed by atoms with Gasteiger partial charge in [0.15, 0.2) is 0 Å². The topological polar surface area (TPSA) is 69.6 Å². The molecule has 0 saturated heterocycles. The predicted molar refractivity (Wildman–Crippen MR) is 78.2 cm³/mol. The van der Waals surface area contributed by atoms with Gasteiger partial charge in [-0.05, 0) is 17.3 Å². The maximum atomic E-state index is 6.13. The van der Waals surface area contributed by atoms with Crippen molar-refractivity contribution in [3.63, 3.8) is 0 Å². The van der Waals surface area contributed by atoms with Crippen molar-refractivity contribution in [1.82, 2.24) is 20.2 Å². The number of nitrogen functional groups attached to an aromatic ring is 1. The molecular formula is C14H12ClN5. The second-order valence-electron chi connectivity index (χ2n) is 4.32. The van der Waals surface area contributed by atoms with Crippen LogP contribution in [0, 0.1) is 0 Å². The number of anilines is 1. The second kappa shape index (κ2) is 5.30. The third-order valence-corrected chi connectivity index (χ3v) is 3.29. The van der Waals surface area contributed by atoms with Gasteiger partial charge in [0.25, 0.3) is 0 Å². The van der Waals surface area contributed by atoms with Gasteiger partial charge in [-0.25, -0.2) is 0 Å². The molecule has 0 radical (unpaired) electrons. The van der Waals surface area contributed by atoms with Crippen molar-refractivity contribution in [1.29, 1.82) is 0 Å². The lowest BCUT2D eigenvalue weighted by atomic mass is 10.2. The van der Waals surface area contributed by atoms with Gasteiger partial charge in [0.1, 0.15) is 0 Å². The molecule has 1 aromatic heterocycles. The molecule has 0 atom stereocenters. The van der Waals surface area contributed by atoms with Crippen molar-refractivity contribution in [2.75, 3.05) is 5.73 Å². The molecule has 0 spiro atoms. The summed E-state index contributed by atoms with van der Waals surface area (Å²) in [5.74, 6) is 0.580. The van der Waals surface area contributed by atoms with Gasteiger partial charge >= 0.3 is 0 Å². The molecule has 0 bridgehead atoms. The van der Waals surface area contributed by atoms with E-state index in [1.807, 2.05) is 36.4 Å². The third-order valence-electron chi connectivity index (χ3n) is 2.94. The smallest absolute Gasteiger partial charge is 0.204 e. The van der Waals surface area contributed by atoms with Gasteiger partial charge in [0, 0.05) is 21.8 Å². The molecule has 0 aliphatic rings. The summed E-state index contributed by atoms with van der Waals surface area (Å²) in [6, 6.07) is 15.1. The lowest BCUT2D eigenvalue weighted by Gasteiger charge is -2.06. The Morgan fingerprint density at radius 3 is 2.60 bits per heavy atom. The van der Waals surface area contributed by atoms with Gasteiger partial charge in [0.2, 0.25) is 5.82 Å². The minimum atomic E-state index is 0.394. The van der Waals surface area contributed by atoms with Crippen LogP contribution in [0.2, 0.25) is 5.02 Å². The second-order valence-corrected chi connectivity index (χ2v) is 4.72. The molecule has 2 aromatic carbocycles. The molecule has 100 valence electrons. The minimum absolute atomic E-state index is 0.394. The van der Waals surface area contributed by atoms with Crippen LogP contribution in [-0.4, -0.2) is 20.2 Å². The van der Waals surface area contributed by atoms with Gasteiger partial charge in [0.05, 0.1) is 6.54 Å². The van der Waals surface area contributed by atoms with Gasteiger partial charge in [-0.1, -0.05) is 48.0 Å². The molecular weight excluding hydrogens is 274 g/mol. The fraction of sp³-hybridized carbons (Fsp3) is 0.0714. The van der Waals surface area contributed by atoms with Crippen molar-refractivity contribution in [2.45, 2.75) is 6.54 Å². The highest BCUT2D eigenvalue weighted by Gasteiger charge is 2.09. The Morgan fingerprint density at radius 2 is 1.85 bits per heavy atom. The largest absolute Gasteiger partial charge is 0.398 e. The molecule has 2 N–H and O–H groups in total. The number of hydrogen-bond donors (Lipinski definition) is 1. The highest BCUT2D eigenvalue weighted by molar-refractivity contribution is 6.31. The van der Waals surface area contributed by atoms with E-state index >= 15 is 0 Å². The molecule has 0 saturated carbocycles. The molecule has 5 nitrogen and oxygen atoms in total. The quantitative estimate of drug-likeness (QED) is 0.751. The van der Waals surface area contributed by atoms with Crippen molar-refractivity contribution in [3.05, 3.63) is 59.1 Å². The Morgan fingerprint density at radius 1 is 1.05 bits per heavy atom. The van der Waals surface area contributed by atoms with Crippen LogP contribution in [0.25, 0.3) is 11.4 Å². The summed E-state index contributed by atoms with van der Waals surface area (Å²) in [5, 5.41) is 13.0. The number of rotatable bonds is 3. The molecule has 3 aromatic rings. The molecule has 1 heterocycles. The Labute approximate surface area is 121 Å². The maximum absolute atomic E-state index is 6.13. The molecule has 0 fully saturated rings.